The third-order valence-corrected chi connectivity index (χ3v) is 5.30. The summed E-state index contributed by atoms with van der Waals surface area (Å²) in [4.78, 5) is 17.9. The number of nitrogens with one attached hydrogen (secondary N) is 1. The van der Waals surface area contributed by atoms with E-state index in [-0.39, 0.29) is 5.91 Å². The zero-order valence-electron chi connectivity index (χ0n) is 13.1. The number of anilines is 1. The average Bonchev–Trinajstić information content (AvgIpc) is 2.96. The van der Waals surface area contributed by atoms with Crippen LogP contribution in [0.5, 0.6) is 0 Å². The van der Waals surface area contributed by atoms with Crippen molar-refractivity contribution in [1.82, 2.24) is 4.98 Å². The summed E-state index contributed by atoms with van der Waals surface area (Å²) >= 11 is 3.22. The van der Waals surface area contributed by atoms with Crippen molar-refractivity contribution in [2.75, 3.05) is 11.6 Å². The number of amides is 1. The number of thiazole rings is 1. The molecular formula is C18H18N2OS2. The van der Waals surface area contributed by atoms with Crippen molar-refractivity contribution in [3.63, 3.8) is 0 Å². The summed E-state index contributed by atoms with van der Waals surface area (Å²) in [6, 6.07) is 14.3. The Morgan fingerprint density at radius 2 is 1.91 bits per heavy atom. The van der Waals surface area contributed by atoms with E-state index in [0.717, 1.165) is 22.2 Å². The van der Waals surface area contributed by atoms with E-state index in [2.05, 4.69) is 41.7 Å². The number of carbonyl (C=O) groups excluding carboxylic acids is 1. The number of fused-ring (bicyclic) bond motifs is 1. The molecule has 0 spiro atoms. The fourth-order valence-corrected chi connectivity index (χ4v) is 3.76. The molecule has 3 aromatic rings. The first-order chi connectivity index (χ1) is 11.2. The lowest BCUT2D eigenvalue weighted by Crippen LogP contribution is -2.14. The van der Waals surface area contributed by atoms with Gasteiger partial charge in [0.1, 0.15) is 0 Å². The SMILES string of the molecule is CCc1ccc(CC(=O)Nc2nc3ccc(SC)cc3s2)cc1. The van der Waals surface area contributed by atoms with Crippen LogP contribution in [-0.4, -0.2) is 17.1 Å². The second kappa shape index (κ2) is 7.15. The number of aromatic nitrogens is 1. The van der Waals surface area contributed by atoms with Crippen LogP contribution in [0.25, 0.3) is 10.2 Å². The second-order valence-electron chi connectivity index (χ2n) is 5.25. The molecule has 5 heteroatoms. The van der Waals surface area contributed by atoms with E-state index in [1.807, 2.05) is 24.3 Å². The van der Waals surface area contributed by atoms with Crippen molar-refractivity contribution in [2.24, 2.45) is 0 Å². The highest BCUT2D eigenvalue weighted by molar-refractivity contribution is 7.98. The Bertz CT molecular complexity index is 825. The maximum absolute atomic E-state index is 12.2. The van der Waals surface area contributed by atoms with Crippen LogP contribution in [0.1, 0.15) is 18.1 Å². The van der Waals surface area contributed by atoms with Gasteiger partial charge in [-0.1, -0.05) is 42.5 Å². The van der Waals surface area contributed by atoms with Crippen LogP contribution < -0.4 is 5.32 Å². The minimum absolute atomic E-state index is 0.0293. The predicted octanol–water partition coefficient (Wildman–Crippen LogP) is 4.76. The number of thioether (sulfide) groups is 1. The van der Waals surface area contributed by atoms with Crippen LogP contribution >= 0.6 is 23.1 Å². The number of nitrogens with zero attached hydrogens (tertiary/aromatic N) is 1. The van der Waals surface area contributed by atoms with Gasteiger partial charge in [-0.25, -0.2) is 4.98 Å². The largest absolute Gasteiger partial charge is 0.302 e. The smallest absolute Gasteiger partial charge is 0.230 e. The van der Waals surface area contributed by atoms with Crippen molar-refractivity contribution in [2.45, 2.75) is 24.7 Å². The van der Waals surface area contributed by atoms with Crippen molar-refractivity contribution in [1.29, 1.82) is 0 Å². The van der Waals surface area contributed by atoms with Crippen LogP contribution in [-0.2, 0) is 17.6 Å². The molecule has 0 aliphatic carbocycles. The van der Waals surface area contributed by atoms with Crippen molar-refractivity contribution in [3.8, 4) is 0 Å². The third kappa shape index (κ3) is 3.92. The summed E-state index contributed by atoms with van der Waals surface area (Å²) in [6.45, 7) is 2.12. The highest BCUT2D eigenvalue weighted by atomic mass is 32.2. The van der Waals surface area contributed by atoms with Crippen LogP contribution in [0.2, 0.25) is 0 Å². The van der Waals surface area contributed by atoms with E-state index in [0.29, 0.717) is 11.6 Å². The molecule has 0 atom stereocenters. The normalized spacial score (nSPS) is 10.9. The number of benzene rings is 2. The predicted molar refractivity (Wildman–Crippen MR) is 99.6 cm³/mol. The van der Waals surface area contributed by atoms with Crippen LogP contribution in [0.3, 0.4) is 0 Å². The summed E-state index contributed by atoms with van der Waals surface area (Å²) in [5, 5.41) is 3.57. The lowest BCUT2D eigenvalue weighted by atomic mass is 10.1. The topological polar surface area (TPSA) is 42.0 Å². The number of hydrogen-bond donors (Lipinski definition) is 1. The van der Waals surface area contributed by atoms with Crippen LogP contribution in [0.15, 0.2) is 47.4 Å². The Hall–Kier alpha value is -1.85. The molecule has 1 aromatic heterocycles. The number of carbonyl (C=O) groups is 1. The molecule has 1 N–H and O–H groups in total. The summed E-state index contributed by atoms with van der Waals surface area (Å²) in [6.07, 6.45) is 3.43. The molecule has 0 saturated carbocycles. The van der Waals surface area contributed by atoms with E-state index in [1.165, 1.54) is 21.8 Å². The third-order valence-electron chi connectivity index (χ3n) is 3.64. The van der Waals surface area contributed by atoms with Gasteiger partial charge in [-0.15, -0.1) is 11.8 Å². The maximum atomic E-state index is 12.2. The Morgan fingerprint density at radius 3 is 2.61 bits per heavy atom. The number of hydrogen-bond acceptors (Lipinski definition) is 4. The molecule has 23 heavy (non-hydrogen) atoms. The minimum Gasteiger partial charge on any atom is -0.302 e. The molecule has 1 heterocycles. The molecule has 0 saturated heterocycles. The lowest BCUT2D eigenvalue weighted by molar-refractivity contribution is -0.115. The highest BCUT2D eigenvalue weighted by Crippen LogP contribution is 2.29. The van der Waals surface area contributed by atoms with Gasteiger partial charge >= 0.3 is 0 Å². The Labute approximate surface area is 144 Å². The minimum atomic E-state index is -0.0293. The first kappa shape index (κ1) is 16.0. The molecule has 0 bridgehead atoms. The lowest BCUT2D eigenvalue weighted by Gasteiger charge is -2.03. The molecule has 0 fully saturated rings. The highest BCUT2D eigenvalue weighted by Gasteiger charge is 2.09. The number of rotatable bonds is 5. The molecule has 0 aliphatic heterocycles. The Kier molecular flexibility index (Phi) is 4.98. The van der Waals surface area contributed by atoms with Gasteiger partial charge in [0.2, 0.25) is 5.91 Å². The van der Waals surface area contributed by atoms with E-state index >= 15 is 0 Å². The molecule has 0 radical (unpaired) electrons. The van der Waals surface area contributed by atoms with Crippen molar-refractivity contribution < 1.29 is 4.79 Å². The van der Waals surface area contributed by atoms with Gasteiger partial charge in [0, 0.05) is 4.90 Å². The zero-order chi connectivity index (χ0) is 16.2. The second-order valence-corrected chi connectivity index (χ2v) is 7.16. The van der Waals surface area contributed by atoms with E-state index in [9.17, 15) is 4.79 Å². The molecule has 3 rings (SSSR count). The molecule has 0 aliphatic rings. The molecular weight excluding hydrogens is 324 g/mol. The van der Waals surface area contributed by atoms with Crippen molar-refractivity contribution in [3.05, 3.63) is 53.6 Å². The molecule has 1 amide bonds. The fourth-order valence-electron chi connectivity index (χ4n) is 2.33. The van der Waals surface area contributed by atoms with Gasteiger partial charge in [0.15, 0.2) is 5.13 Å². The first-order valence-electron chi connectivity index (χ1n) is 7.50. The van der Waals surface area contributed by atoms with Crippen molar-refractivity contribution >= 4 is 44.4 Å². The molecule has 3 nitrogen and oxygen atoms in total. The number of aryl methyl sites for hydroxylation is 1. The van der Waals surface area contributed by atoms with Gasteiger partial charge in [0.25, 0.3) is 0 Å². The standard InChI is InChI=1S/C18H18N2OS2/c1-3-12-4-6-13(7-5-12)10-17(21)20-18-19-15-9-8-14(22-2)11-16(15)23-18/h4-9,11H,3,10H2,1-2H3,(H,19,20,21). The van der Waals surface area contributed by atoms with Crippen LogP contribution in [0, 0.1) is 0 Å². The quantitative estimate of drug-likeness (QED) is 0.680. The summed E-state index contributed by atoms with van der Waals surface area (Å²) in [5.74, 6) is -0.0293. The first-order valence-corrected chi connectivity index (χ1v) is 9.54. The Balaban J connectivity index is 1.69. The van der Waals surface area contributed by atoms with Gasteiger partial charge in [-0.2, -0.15) is 0 Å². The average molecular weight is 342 g/mol. The van der Waals surface area contributed by atoms with Gasteiger partial charge in [0.05, 0.1) is 16.6 Å². The zero-order valence-corrected chi connectivity index (χ0v) is 14.8. The monoisotopic (exact) mass is 342 g/mol. The summed E-state index contributed by atoms with van der Waals surface area (Å²) in [7, 11) is 0. The summed E-state index contributed by atoms with van der Waals surface area (Å²) < 4.78 is 1.10. The molecule has 118 valence electrons. The maximum Gasteiger partial charge on any atom is 0.230 e. The summed E-state index contributed by atoms with van der Waals surface area (Å²) in [5.41, 5.74) is 3.23. The van der Waals surface area contributed by atoms with Gasteiger partial charge in [-0.3, -0.25) is 4.79 Å². The van der Waals surface area contributed by atoms with Crippen LogP contribution in [0.4, 0.5) is 5.13 Å². The van der Waals surface area contributed by atoms with E-state index < -0.39 is 0 Å². The molecule has 0 unspecified atom stereocenters. The van der Waals surface area contributed by atoms with E-state index in [1.54, 1.807) is 11.8 Å². The fraction of sp³-hybridized carbons (Fsp3) is 0.222. The van der Waals surface area contributed by atoms with Gasteiger partial charge < -0.3 is 5.32 Å². The van der Waals surface area contributed by atoms with E-state index in [4.69, 9.17) is 0 Å². The molecule has 2 aromatic carbocycles. The Morgan fingerprint density at radius 1 is 1.17 bits per heavy atom. The van der Waals surface area contributed by atoms with Gasteiger partial charge in [-0.05, 0) is 42.0 Å².